The molecule has 0 aromatic rings. The van der Waals surface area contributed by atoms with Crippen molar-refractivity contribution in [3.8, 4) is 0 Å². The van der Waals surface area contributed by atoms with Crippen LogP contribution in [-0.2, 0) is 14.4 Å². The molecule has 0 aromatic carbocycles. The highest BCUT2D eigenvalue weighted by molar-refractivity contribution is 7.80. The Morgan fingerprint density at radius 1 is 1.18 bits per heavy atom. The third kappa shape index (κ3) is 3.73. The van der Waals surface area contributed by atoms with E-state index in [0.717, 1.165) is 25.7 Å². The van der Waals surface area contributed by atoms with Crippen LogP contribution in [0.25, 0.3) is 0 Å². The highest BCUT2D eigenvalue weighted by Gasteiger charge is 2.47. The van der Waals surface area contributed by atoms with Crippen LogP contribution < -0.4 is 16.2 Å². The number of nitrogens with zero attached hydrogens (tertiary/aromatic N) is 1. The van der Waals surface area contributed by atoms with Gasteiger partial charge in [-0.15, -0.1) is 0 Å². The highest BCUT2D eigenvalue weighted by Crippen LogP contribution is 2.37. The number of nitrogens with one attached hydrogen (secondary N) is 3. The lowest BCUT2D eigenvalue weighted by Crippen LogP contribution is -2.47. The van der Waals surface area contributed by atoms with Gasteiger partial charge in [0.1, 0.15) is 0 Å². The number of hydrogen-bond donors (Lipinski definition) is 3. The Hall–Kier alpha value is -1.70. The predicted molar refractivity (Wildman–Crippen MR) is 84.3 cm³/mol. The van der Waals surface area contributed by atoms with Crippen LogP contribution in [0.4, 0.5) is 0 Å². The van der Waals surface area contributed by atoms with Crippen LogP contribution in [0.3, 0.4) is 0 Å². The van der Waals surface area contributed by atoms with E-state index >= 15 is 0 Å². The molecule has 7 nitrogen and oxygen atoms in total. The Balaban J connectivity index is 1.79. The average molecular weight is 326 g/mol. The van der Waals surface area contributed by atoms with Crippen molar-refractivity contribution in [2.45, 2.75) is 39.0 Å². The lowest BCUT2D eigenvalue weighted by atomic mass is 9.81. The number of hydrazine groups is 1. The van der Waals surface area contributed by atoms with Gasteiger partial charge in [0.2, 0.25) is 17.7 Å². The van der Waals surface area contributed by atoms with E-state index in [9.17, 15) is 14.4 Å². The Bertz CT molecular complexity index is 459. The monoisotopic (exact) mass is 326 g/mol. The van der Waals surface area contributed by atoms with Gasteiger partial charge in [0.15, 0.2) is 5.11 Å². The van der Waals surface area contributed by atoms with Crippen molar-refractivity contribution in [2.75, 3.05) is 13.1 Å². The zero-order chi connectivity index (χ0) is 16.1. The molecule has 1 heterocycles. The quantitative estimate of drug-likeness (QED) is 0.385. The van der Waals surface area contributed by atoms with E-state index in [2.05, 4.69) is 16.2 Å². The molecular formula is C14H22N4O3S. The number of fused-ring (bicyclic) bond motifs is 1. The normalized spacial score (nSPS) is 24.0. The zero-order valence-electron chi connectivity index (χ0n) is 12.7. The standard InChI is InChI=1S/C14H22N4O3S/c1-2-15-14(22)17-16-11(19)7-8-18-12(20)9-5-3-4-6-10(9)13(18)21/h9-10H,2-8H2,1H3,(H,16,19)(H2,15,17,22)/t9-,10-/m0/s1. The van der Waals surface area contributed by atoms with Gasteiger partial charge in [-0.05, 0) is 32.0 Å². The van der Waals surface area contributed by atoms with Crippen LogP contribution in [-0.4, -0.2) is 40.8 Å². The number of rotatable bonds is 4. The minimum absolute atomic E-state index is 0.0681. The van der Waals surface area contributed by atoms with Gasteiger partial charge in [-0.25, -0.2) is 0 Å². The first-order chi connectivity index (χ1) is 10.5. The Morgan fingerprint density at radius 3 is 2.32 bits per heavy atom. The van der Waals surface area contributed by atoms with Crippen molar-refractivity contribution in [1.82, 2.24) is 21.1 Å². The molecule has 22 heavy (non-hydrogen) atoms. The molecule has 3 amide bonds. The number of imide groups is 1. The smallest absolute Gasteiger partial charge is 0.240 e. The van der Waals surface area contributed by atoms with Gasteiger partial charge in [0.05, 0.1) is 11.8 Å². The van der Waals surface area contributed by atoms with E-state index in [0.29, 0.717) is 11.7 Å². The first-order valence-corrected chi connectivity index (χ1v) is 8.13. The molecule has 0 bridgehead atoms. The molecule has 0 aromatic heterocycles. The van der Waals surface area contributed by atoms with Gasteiger partial charge in [-0.2, -0.15) is 0 Å². The minimum atomic E-state index is -0.310. The van der Waals surface area contributed by atoms with E-state index in [1.165, 1.54) is 4.90 Å². The summed E-state index contributed by atoms with van der Waals surface area (Å²) < 4.78 is 0. The molecule has 0 radical (unpaired) electrons. The Labute approximate surface area is 135 Å². The van der Waals surface area contributed by atoms with E-state index < -0.39 is 0 Å². The summed E-state index contributed by atoms with van der Waals surface area (Å²) in [6.45, 7) is 2.67. The van der Waals surface area contributed by atoms with E-state index in [1.807, 2.05) is 6.92 Å². The van der Waals surface area contributed by atoms with Gasteiger partial charge in [0, 0.05) is 19.5 Å². The van der Waals surface area contributed by atoms with E-state index in [1.54, 1.807) is 0 Å². The summed E-state index contributed by atoms with van der Waals surface area (Å²) in [5, 5.41) is 3.16. The highest BCUT2D eigenvalue weighted by atomic mass is 32.1. The molecule has 1 saturated carbocycles. The molecule has 1 aliphatic carbocycles. The van der Waals surface area contributed by atoms with Crippen molar-refractivity contribution < 1.29 is 14.4 Å². The maximum absolute atomic E-state index is 12.2. The molecule has 1 aliphatic heterocycles. The fourth-order valence-corrected chi connectivity index (χ4v) is 3.25. The molecule has 0 unspecified atom stereocenters. The molecule has 1 saturated heterocycles. The van der Waals surface area contributed by atoms with Crippen LogP contribution in [0.2, 0.25) is 0 Å². The number of carbonyl (C=O) groups is 3. The summed E-state index contributed by atoms with van der Waals surface area (Å²) in [5.74, 6) is -0.861. The van der Waals surface area contributed by atoms with Crippen LogP contribution in [0, 0.1) is 11.8 Å². The molecule has 2 atom stereocenters. The van der Waals surface area contributed by atoms with Crippen LogP contribution >= 0.6 is 12.2 Å². The molecule has 0 spiro atoms. The third-order valence-corrected chi connectivity index (χ3v) is 4.39. The van der Waals surface area contributed by atoms with Crippen molar-refractivity contribution in [3.05, 3.63) is 0 Å². The molecule has 3 N–H and O–H groups in total. The van der Waals surface area contributed by atoms with Crippen molar-refractivity contribution in [1.29, 1.82) is 0 Å². The van der Waals surface area contributed by atoms with Gasteiger partial charge >= 0.3 is 0 Å². The van der Waals surface area contributed by atoms with Crippen molar-refractivity contribution >= 4 is 35.1 Å². The van der Waals surface area contributed by atoms with Crippen LogP contribution in [0.5, 0.6) is 0 Å². The Kier molecular flexibility index (Phi) is 5.70. The van der Waals surface area contributed by atoms with Gasteiger partial charge in [-0.1, -0.05) is 12.8 Å². The maximum atomic E-state index is 12.2. The second-order valence-corrected chi connectivity index (χ2v) is 6.02. The molecule has 2 rings (SSSR count). The first-order valence-electron chi connectivity index (χ1n) is 7.72. The molecular weight excluding hydrogens is 304 g/mol. The van der Waals surface area contributed by atoms with Crippen LogP contribution in [0.15, 0.2) is 0 Å². The number of hydrogen-bond acceptors (Lipinski definition) is 4. The fourth-order valence-electron chi connectivity index (χ4n) is 3.06. The van der Waals surface area contributed by atoms with Gasteiger partial charge in [-0.3, -0.25) is 30.1 Å². The predicted octanol–water partition coefficient (Wildman–Crippen LogP) is 0.0669. The minimum Gasteiger partial charge on any atom is -0.362 e. The molecule has 122 valence electrons. The average Bonchev–Trinajstić information content (AvgIpc) is 2.76. The maximum Gasteiger partial charge on any atom is 0.240 e. The number of amides is 3. The second kappa shape index (κ2) is 7.53. The van der Waals surface area contributed by atoms with Gasteiger partial charge < -0.3 is 5.32 Å². The summed E-state index contributed by atoms with van der Waals surface area (Å²) in [4.78, 5) is 37.5. The number of likely N-dealkylation sites (tertiary alicyclic amines) is 1. The SMILES string of the molecule is CCNC(=S)NNC(=O)CCN1C(=O)[C@H]2CCCC[C@@H]2C1=O. The lowest BCUT2D eigenvalue weighted by Gasteiger charge is -2.19. The van der Waals surface area contributed by atoms with E-state index in [-0.39, 0.29) is 42.5 Å². The summed E-state index contributed by atoms with van der Waals surface area (Å²) in [5.41, 5.74) is 5.01. The summed E-state index contributed by atoms with van der Waals surface area (Å²) >= 11 is 4.91. The lowest BCUT2D eigenvalue weighted by molar-refractivity contribution is -0.140. The van der Waals surface area contributed by atoms with E-state index in [4.69, 9.17) is 12.2 Å². The summed E-state index contributed by atoms with van der Waals surface area (Å²) in [7, 11) is 0. The molecule has 2 aliphatic rings. The topological polar surface area (TPSA) is 90.5 Å². The number of thiocarbonyl (C=S) groups is 1. The summed E-state index contributed by atoms with van der Waals surface area (Å²) in [6.07, 6.45) is 3.65. The van der Waals surface area contributed by atoms with Gasteiger partial charge in [0.25, 0.3) is 0 Å². The summed E-state index contributed by atoms with van der Waals surface area (Å²) in [6, 6.07) is 0. The fraction of sp³-hybridized carbons (Fsp3) is 0.714. The molecule has 8 heteroatoms. The first kappa shape index (κ1) is 16.7. The van der Waals surface area contributed by atoms with Crippen LogP contribution in [0.1, 0.15) is 39.0 Å². The Morgan fingerprint density at radius 2 is 1.77 bits per heavy atom. The second-order valence-electron chi connectivity index (χ2n) is 5.61. The van der Waals surface area contributed by atoms with Crippen molar-refractivity contribution in [3.63, 3.8) is 0 Å². The zero-order valence-corrected chi connectivity index (χ0v) is 13.5. The third-order valence-electron chi connectivity index (χ3n) is 4.15. The van der Waals surface area contributed by atoms with Crippen molar-refractivity contribution in [2.24, 2.45) is 11.8 Å². The number of carbonyl (C=O) groups excluding carboxylic acids is 3. The largest absolute Gasteiger partial charge is 0.362 e. The molecule has 2 fully saturated rings.